The van der Waals surface area contributed by atoms with Crippen LogP contribution in [0.25, 0.3) is 0 Å². The van der Waals surface area contributed by atoms with Gasteiger partial charge >= 0.3 is 0 Å². The molecule has 0 fully saturated rings. The van der Waals surface area contributed by atoms with Crippen LogP contribution in [0.1, 0.15) is 18.1 Å². The van der Waals surface area contributed by atoms with E-state index in [-0.39, 0.29) is 0 Å². The smallest absolute Gasteiger partial charge is 0.161 e. The molecular weight excluding hydrogens is 258 g/mol. The molecule has 0 aromatic heterocycles. The third-order valence-electron chi connectivity index (χ3n) is 3.32. The lowest BCUT2D eigenvalue weighted by Gasteiger charge is -2.23. The second kappa shape index (κ2) is 7.47. The Hall–Kier alpha value is -1.30. The Morgan fingerprint density at radius 1 is 1.30 bits per heavy atom. The number of hydrogen-bond donors (Lipinski definition) is 1. The molecule has 5 heteroatoms. The highest BCUT2D eigenvalue weighted by atomic mass is 16.6. The number of methoxy groups -OCH3 is 1. The standard InChI is InChI=1S/C15H23NO4/c1-16(6-3-7-18-2)11-13(17)12-4-5-14-15(10-12)20-9-8-19-14/h4-5,10,13,17H,3,6-9,11H2,1-2H3. The molecule has 1 unspecified atom stereocenters. The molecular formula is C15H23NO4. The molecule has 0 aliphatic carbocycles. The van der Waals surface area contributed by atoms with Crippen LogP contribution in [0.3, 0.4) is 0 Å². The van der Waals surface area contributed by atoms with Crippen molar-refractivity contribution in [2.45, 2.75) is 12.5 Å². The highest BCUT2D eigenvalue weighted by Gasteiger charge is 2.16. The fraction of sp³-hybridized carbons (Fsp3) is 0.600. The van der Waals surface area contributed by atoms with Crippen molar-refractivity contribution < 1.29 is 19.3 Å². The Labute approximate surface area is 120 Å². The number of ether oxygens (including phenoxy) is 3. The van der Waals surface area contributed by atoms with Crippen LogP contribution >= 0.6 is 0 Å². The van der Waals surface area contributed by atoms with Crippen molar-refractivity contribution >= 4 is 0 Å². The van der Waals surface area contributed by atoms with E-state index < -0.39 is 6.10 Å². The number of fused-ring (bicyclic) bond motifs is 1. The van der Waals surface area contributed by atoms with E-state index in [1.54, 1.807) is 7.11 Å². The number of aliphatic hydroxyl groups is 1. The van der Waals surface area contributed by atoms with Crippen molar-refractivity contribution in [2.24, 2.45) is 0 Å². The predicted molar refractivity (Wildman–Crippen MR) is 76.4 cm³/mol. The Balaban J connectivity index is 1.90. The molecule has 0 spiro atoms. The lowest BCUT2D eigenvalue weighted by atomic mass is 10.1. The molecule has 1 aliphatic heterocycles. The van der Waals surface area contributed by atoms with Gasteiger partial charge in [-0.2, -0.15) is 0 Å². The first kappa shape index (κ1) is 15.1. The van der Waals surface area contributed by atoms with Crippen LogP contribution in [0.5, 0.6) is 11.5 Å². The molecule has 1 N–H and O–H groups in total. The van der Waals surface area contributed by atoms with Crippen LogP contribution in [0.4, 0.5) is 0 Å². The second-order valence-corrected chi connectivity index (χ2v) is 5.03. The average Bonchev–Trinajstić information content (AvgIpc) is 2.47. The van der Waals surface area contributed by atoms with Gasteiger partial charge in [-0.15, -0.1) is 0 Å². The zero-order valence-electron chi connectivity index (χ0n) is 12.2. The van der Waals surface area contributed by atoms with Gasteiger partial charge in [0.25, 0.3) is 0 Å². The fourth-order valence-electron chi connectivity index (χ4n) is 2.24. The topological polar surface area (TPSA) is 51.2 Å². The van der Waals surface area contributed by atoms with Gasteiger partial charge in [-0.3, -0.25) is 0 Å². The Kier molecular flexibility index (Phi) is 5.64. The summed E-state index contributed by atoms with van der Waals surface area (Å²) in [6.45, 7) is 3.36. The Morgan fingerprint density at radius 2 is 2.05 bits per heavy atom. The van der Waals surface area contributed by atoms with Crippen molar-refractivity contribution in [3.63, 3.8) is 0 Å². The molecule has 0 amide bonds. The normalized spacial score (nSPS) is 15.4. The zero-order valence-corrected chi connectivity index (χ0v) is 12.2. The predicted octanol–water partition coefficient (Wildman–Crippen LogP) is 1.46. The van der Waals surface area contributed by atoms with E-state index in [2.05, 4.69) is 4.90 Å². The van der Waals surface area contributed by atoms with Gasteiger partial charge in [-0.05, 0) is 31.2 Å². The van der Waals surface area contributed by atoms with E-state index in [0.29, 0.717) is 19.8 Å². The van der Waals surface area contributed by atoms with E-state index in [1.165, 1.54) is 0 Å². The van der Waals surface area contributed by atoms with Gasteiger partial charge in [0.15, 0.2) is 11.5 Å². The maximum atomic E-state index is 10.3. The largest absolute Gasteiger partial charge is 0.486 e. The maximum Gasteiger partial charge on any atom is 0.161 e. The fourth-order valence-corrected chi connectivity index (χ4v) is 2.24. The molecule has 0 saturated heterocycles. The van der Waals surface area contributed by atoms with Gasteiger partial charge in [0.05, 0.1) is 6.10 Å². The summed E-state index contributed by atoms with van der Waals surface area (Å²) < 4.78 is 16.0. The summed E-state index contributed by atoms with van der Waals surface area (Å²) in [6, 6.07) is 5.61. The number of aliphatic hydroxyl groups excluding tert-OH is 1. The first-order valence-corrected chi connectivity index (χ1v) is 6.96. The summed E-state index contributed by atoms with van der Waals surface area (Å²) in [5, 5.41) is 10.3. The third kappa shape index (κ3) is 4.10. The van der Waals surface area contributed by atoms with Crippen molar-refractivity contribution in [3.05, 3.63) is 23.8 Å². The van der Waals surface area contributed by atoms with Gasteiger partial charge in [-0.1, -0.05) is 6.07 Å². The van der Waals surface area contributed by atoms with E-state index in [1.807, 2.05) is 25.2 Å². The summed E-state index contributed by atoms with van der Waals surface area (Å²) in [5.74, 6) is 1.47. The van der Waals surface area contributed by atoms with Crippen LogP contribution in [0, 0.1) is 0 Å². The molecule has 1 aliphatic rings. The van der Waals surface area contributed by atoms with Gasteiger partial charge < -0.3 is 24.2 Å². The SMILES string of the molecule is COCCCN(C)CC(O)c1ccc2c(c1)OCCO2. The van der Waals surface area contributed by atoms with E-state index in [0.717, 1.165) is 36.6 Å². The minimum Gasteiger partial charge on any atom is -0.486 e. The highest BCUT2D eigenvalue weighted by Crippen LogP contribution is 2.32. The summed E-state index contributed by atoms with van der Waals surface area (Å²) >= 11 is 0. The number of nitrogens with zero attached hydrogens (tertiary/aromatic N) is 1. The second-order valence-electron chi connectivity index (χ2n) is 5.03. The minimum atomic E-state index is -0.529. The molecule has 0 radical (unpaired) electrons. The highest BCUT2D eigenvalue weighted by molar-refractivity contribution is 5.44. The lowest BCUT2D eigenvalue weighted by Crippen LogP contribution is -2.26. The number of hydrogen-bond acceptors (Lipinski definition) is 5. The molecule has 1 heterocycles. The molecule has 1 atom stereocenters. The average molecular weight is 281 g/mol. The zero-order chi connectivity index (χ0) is 14.4. The van der Waals surface area contributed by atoms with E-state index >= 15 is 0 Å². The Morgan fingerprint density at radius 3 is 2.80 bits per heavy atom. The van der Waals surface area contributed by atoms with Gasteiger partial charge in [0, 0.05) is 26.8 Å². The van der Waals surface area contributed by atoms with Crippen LogP contribution in [-0.4, -0.2) is 57.1 Å². The van der Waals surface area contributed by atoms with Crippen molar-refractivity contribution in [1.82, 2.24) is 4.90 Å². The van der Waals surface area contributed by atoms with Crippen LogP contribution in [0.2, 0.25) is 0 Å². The molecule has 1 aromatic rings. The number of likely N-dealkylation sites (N-methyl/N-ethyl adjacent to an activating group) is 1. The van der Waals surface area contributed by atoms with E-state index in [9.17, 15) is 5.11 Å². The van der Waals surface area contributed by atoms with Gasteiger partial charge in [0.1, 0.15) is 13.2 Å². The van der Waals surface area contributed by atoms with Crippen LogP contribution < -0.4 is 9.47 Å². The van der Waals surface area contributed by atoms with Crippen molar-refractivity contribution in [3.8, 4) is 11.5 Å². The van der Waals surface area contributed by atoms with E-state index in [4.69, 9.17) is 14.2 Å². The molecule has 0 saturated carbocycles. The van der Waals surface area contributed by atoms with Gasteiger partial charge in [-0.25, -0.2) is 0 Å². The summed E-state index contributed by atoms with van der Waals surface area (Å²) in [6.07, 6.45) is 0.430. The summed E-state index contributed by atoms with van der Waals surface area (Å²) in [5.41, 5.74) is 0.854. The lowest BCUT2D eigenvalue weighted by molar-refractivity contribution is 0.116. The molecule has 112 valence electrons. The van der Waals surface area contributed by atoms with Gasteiger partial charge in [0.2, 0.25) is 0 Å². The number of rotatable bonds is 7. The molecule has 20 heavy (non-hydrogen) atoms. The summed E-state index contributed by atoms with van der Waals surface area (Å²) in [7, 11) is 3.70. The maximum absolute atomic E-state index is 10.3. The monoisotopic (exact) mass is 281 g/mol. The van der Waals surface area contributed by atoms with Crippen molar-refractivity contribution in [2.75, 3.05) is 47.1 Å². The quantitative estimate of drug-likeness (QED) is 0.767. The molecule has 1 aromatic carbocycles. The molecule has 5 nitrogen and oxygen atoms in total. The third-order valence-corrected chi connectivity index (χ3v) is 3.32. The van der Waals surface area contributed by atoms with Crippen LogP contribution in [-0.2, 0) is 4.74 Å². The minimum absolute atomic E-state index is 0.529. The molecule has 0 bridgehead atoms. The Bertz CT molecular complexity index is 424. The first-order valence-electron chi connectivity index (χ1n) is 6.96. The van der Waals surface area contributed by atoms with Crippen LogP contribution in [0.15, 0.2) is 18.2 Å². The first-order chi connectivity index (χ1) is 9.70. The van der Waals surface area contributed by atoms with Crippen molar-refractivity contribution in [1.29, 1.82) is 0 Å². The molecule has 2 rings (SSSR count). The number of benzene rings is 1. The summed E-state index contributed by atoms with van der Waals surface area (Å²) in [4.78, 5) is 2.10.